The Bertz CT molecular complexity index is 60.9. The molecule has 0 aromatic carbocycles. The van der Waals surface area contributed by atoms with Crippen molar-refractivity contribution in [3.63, 3.8) is 0 Å². The summed E-state index contributed by atoms with van der Waals surface area (Å²) in [6.07, 6.45) is -1.40. The third-order valence-electron chi connectivity index (χ3n) is 0.163. The lowest BCUT2D eigenvalue weighted by Gasteiger charge is -2.00. The van der Waals surface area contributed by atoms with Crippen molar-refractivity contribution in [3.8, 4) is 0 Å². The maximum Gasteiger partial charge on any atom is 0.540 e. The van der Waals surface area contributed by atoms with Crippen molar-refractivity contribution in [2.45, 2.75) is 0 Å². The summed E-state index contributed by atoms with van der Waals surface area (Å²) in [5.41, 5.74) is 0. The average Bonchev–Trinajstić information content (AvgIpc) is 1.36. The Kier molecular flexibility index (Phi) is 1.46. The Morgan fingerprint density at radius 1 is 1.67 bits per heavy atom. The molecule has 0 aromatic heterocycles. The maximum atomic E-state index is 9.34. The Morgan fingerprint density at radius 3 is 1.83 bits per heavy atom. The smallest absolute Gasteiger partial charge is 0.540 e. The minimum Gasteiger partial charge on any atom is -0.633 e. The largest absolute Gasteiger partial charge is 0.633 e. The number of hydrogen-bond donors (Lipinski definition) is 2. The summed E-state index contributed by atoms with van der Waals surface area (Å²) in [4.78, 5) is 0. The highest BCUT2D eigenvalue weighted by atomic mass is 32.1. The lowest BCUT2D eigenvalue weighted by molar-refractivity contribution is -0.286. The Labute approximate surface area is 39.5 Å². The normalized spacial score (nSPS) is 7.33. The van der Waals surface area contributed by atoms with E-state index in [1.165, 1.54) is 0 Å². The maximum absolute atomic E-state index is 9.34. The van der Waals surface area contributed by atoms with Gasteiger partial charge in [0.25, 0.3) is 0 Å². The van der Waals surface area contributed by atoms with Crippen LogP contribution in [0.5, 0.6) is 0 Å². The van der Waals surface area contributed by atoms with Crippen LogP contribution in [0, 0.1) is 5.21 Å². The molecule has 0 fully saturated rings. The van der Waals surface area contributed by atoms with Crippen LogP contribution in [0.3, 0.4) is 0 Å². The third-order valence-corrected chi connectivity index (χ3v) is 0.327. The van der Waals surface area contributed by atoms with Crippen LogP contribution >= 0.6 is 0 Å². The fourth-order valence-corrected chi connectivity index (χ4v) is 0. The van der Waals surface area contributed by atoms with Crippen molar-refractivity contribution < 1.29 is 14.4 Å². The van der Waals surface area contributed by atoms with Gasteiger partial charge in [-0.3, -0.25) is 0 Å². The molecule has 0 amide bonds. The van der Waals surface area contributed by atoms with Crippen molar-refractivity contribution >= 4 is 18.9 Å². The highest BCUT2D eigenvalue weighted by molar-refractivity contribution is 7.51. The molecule has 0 saturated carbocycles. The fraction of sp³-hybridized carbons (Fsp3) is 0. The molecule has 0 heterocycles. The van der Waals surface area contributed by atoms with Crippen LogP contribution in [0.4, 0.5) is 0 Å². The van der Waals surface area contributed by atoms with Crippen LogP contribution < -0.4 is 0 Å². The third kappa shape index (κ3) is 1.59. The van der Waals surface area contributed by atoms with Crippen LogP contribution in [-0.4, -0.2) is 20.4 Å². The number of aliphatic hydroxyl groups is 2. The number of aliphatic hydroxyl groups excluding tert-OH is 1. The number of hydrogen-bond acceptors (Lipinski definition) is 2. The van der Waals surface area contributed by atoms with Gasteiger partial charge in [0.15, 0.2) is 0 Å². The zero-order valence-corrected chi connectivity index (χ0v) is 3.47. The van der Waals surface area contributed by atoms with E-state index < -0.39 is 10.2 Å². The van der Waals surface area contributed by atoms with Crippen LogP contribution in [-0.2, 0) is 12.8 Å². The van der Waals surface area contributed by atoms with Gasteiger partial charge in [-0.15, -0.1) is 0 Å². The molecule has 0 aliphatic carbocycles. The number of rotatable bonds is 0. The Balaban J connectivity index is 3.68. The molecule has 36 valence electrons. The Morgan fingerprint density at radius 2 is 1.83 bits per heavy atom. The molecule has 0 spiro atoms. The number of nitrogens with zero attached hydrogens (tertiary/aromatic N) is 1. The van der Waals surface area contributed by atoms with Crippen molar-refractivity contribution in [1.82, 2.24) is 0 Å². The average molecular weight is 108 g/mol. The highest BCUT2D eigenvalue weighted by Gasteiger charge is 1.83. The van der Waals surface area contributed by atoms with Crippen molar-refractivity contribution in [2.75, 3.05) is 0 Å². The highest BCUT2D eigenvalue weighted by Crippen LogP contribution is 1.58. The van der Waals surface area contributed by atoms with Crippen LogP contribution in [0.15, 0.2) is 0 Å². The zero-order chi connectivity index (χ0) is 5.15. The van der Waals surface area contributed by atoms with Gasteiger partial charge in [-0.05, 0) is 0 Å². The van der Waals surface area contributed by atoms with Gasteiger partial charge in [-0.2, -0.15) is 0 Å². The summed E-state index contributed by atoms with van der Waals surface area (Å²) >= 11 is 3.64. The molecule has 0 rings (SSSR count). The molecule has 0 radical (unpaired) electrons. The summed E-state index contributed by atoms with van der Waals surface area (Å²) in [6.45, 7) is 0. The summed E-state index contributed by atoms with van der Waals surface area (Å²) in [5.74, 6) is 0. The molecule has 4 nitrogen and oxygen atoms in total. The Hall–Kier alpha value is -0.710. The van der Waals surface area contributed by atoms with Gasteiger partial charge >= 0.3 is 6.08 Å². The van der Waals surface area contributed by atoms with E-state index in [2.05, 4.69) is 12.8 Å². The topological polar surface area (TPSA) is 66.5 Å². The second-order valence-electron chi connectivity index (χ2n) is 0.557. The quantitative estimate of drug-likeness (QED) is 0.109. The molecule has 2 N–H and O–H groups in total. The van der Waals surface area contributed by atoms with E-state index in [0.29, 0.717) is 0 Å². The van der Waals surface area contributed by atoms with Gasteiger partial charge in [-0.25, -0.2) is 4.14 Å². The molecule has 0 saturated heterocycles. The van der Waals surface area contributed by atoms with Crippen molar-refractivity contribution in [3.05, 3.63) is 5.21 Å². The molecule has 0 aliphatic heterocycles. The van der Waals surface area contributed by atoms with Gasteiger partial charge in [0.1, 0.15) is 0 Å². The monoisotopic (exact) mass is 108 g/mol. The lowest BCUT2D eigenvalue weighted by Crippen LogP contribution is -2.06. The van der Waals surface area contributed by atoms with E-state index in [9.17, 15) is 5.21 Å². The van der Waals surface area contributed by atoms with Crippen molar-refractivity contribution in [2.24, 2.45) is 0 Å². The van der Waals surface area contributed by atoms with Crippen molar-refractivity contribution in [1.29, 1.82) is 0 Å². The second kappa shape index (κ2) is 1.66. The predicted molar refractivity (Wildman–Crippen MR) is 21.3 cm³/mol. The first-order valence-corrected chi connectivity index (χ1v) is 1.40. The molecule has 5 heteroatoms. The summed E-state index contributed by atoms with van der Waals surface area (Å²) in [6, 6.07) is 0. The predicted octanol–water partition coefficient (Wildman–Crippen LogP) is -0.569. The van der Waals surface area contributed by atoms with Crippen LogP contribution in [0.1, 0.15) is 0 Å². The lowest BCUT2D eigenvalue weighted by atomic mass is 11.4. The molecule has 0 atom stereocenters. The molecule has 0 aliphatic rings. The summed E-state index contributed by atoms with van der Waals surface area (Å²) < 4.78 is -0.472. The molecule has 0 bridgehead atoms. The minimum atomic E-state index is -1.40. The minimum absolute atomic E-state index is 0.472. The van der Waals surface area contributed by atoms with E-state index in [1.54, 1.807) is 0 Å². The van der Waals surface area contributed by atoms with E-state index in [1.807, 2.05) is 0 Å². The second-order valence-corrected chi connectivity index (χ2v) is 0.889. The van der Waals surface area contributed by atoms with Crippen LogP contribution in [0.2, 0.25) is 0 Å². The van der Waals surface area contributed by atoms with Crippen LogP contribution in [0.25, 0.3) is 0 Å². The fourth-order valence-electron chi connectivity index (χ4n) is 0. The first-order chi connectivity index (χ1) is 2.64. The SMILES string of the molecule is [O-][N+]([S-])=C(O)O. The van der Waals surface area contributed by atoms with Gasteiger partial charge < -0.3 is 28.2 Å². The molecular weight excluding hydrogens is 106 g/mol. The van der Waals surface area contributed by atoms with Gasteiger partial charge in [-0.1, -0.05) is 0 Å². The molecule has 0 aromatic rings. The molecule has 0 unspecified atom stereocenters. The van der Waals surface area contributed by atoms with Gasteiger partial charge in [0, 0.05) is 0 Å². The summed E-state index contributed by atoms with van der Waals surface area (Å²) in [7, 11) is 0. The standard InChI is InChI=1S/CH2NO3S/c3-1(4)2(5)6/h(H2-,3,4,5,6)/q-1. The first-order valence-electron chi connectivity index (χ1n) is 1.04. The zero-order valence-electron chi connectivity index (χ0n) is 2.66. The van der Waals surface area contributed by atoms with Gasteiger partial charge in [0.2, 0.25) is 0 Å². The summed E-state index contributed by atoms with van der Waals surface area (Å²) in [5, 5.41) is 24.6. The van der Waals surface area contributed by atoms with Gasteiger partial charge in [0.05, 0.1) is 0 Å². The van der Waals surface area contributed by atoms with E-state index in [4.69, 9.17) is 10.2 Å². The first kappa shape index (κ1) is 5.29. The van der Waals surface area contributed by atoms with E-state index in [-0.39, 0.29) is 0 Å². The molecule has 6 heavy (non-hydrogen) atoms. The van der Waals surface area contributed by atoms with E-state index in [0.717, 1.165) is 0 Å². The molecular formula is CH2NO3S-. The van der Waals surface area contributed by atoms with E-state index >= 15 is 0 Å².